The van der Waals surface area contributed by atoms with Gasteiger partial charge < -0.3 is 14.8 Å². The Morgan fingerprint density at radius 1 is 1.08 bits per heavy atom. The number of anilines is 1. The molecule has 2 saturated carbocycles. The predicted molar refractivity (Wildman–Crippen MR) is 132 cm³/mol. The fourth-order valence-corrected chi connectivity index (χ4v) is 6.28. The smallest absolute Gasteiger partial charge is 0.257 e. The molecule has 1 aliphatic heterocycles. The highest BCUT2D eigenvalue weighted by Crippen LogP contribution is 2.36. The monoisotopic (exact) mass is 533 g/mol. The van der Waals surface area contributed by atoms with E-state index in [9.17, 15) is 22.0 Å². The maximum atomic E-state index is 13.8. The van der Waals surface area contributed by atoms with Gasteiger partial charge in [-0.1, -0.05) is 18.2 Å². The van der Waals surface area contributed by atoms with E-state index in [-0.39, 0.29) is 40.5 Å². The van der Waals surface area contributed by atoms with Crippen LogP contribution >= 0.6 is 0 Å². The Kier molecular flexibility index (Phi) is 6.88. The van der Waals surface area contributed by atoms with Gasteiger partial charge in [0.15, 0.2) is 21.4 Å². The van der Waals surface area contributed by atoms with E-state index in [1.165, 1.54) is 24.5 Å². The molecule has 0 bridgehead atoms. The molecule has 1 saturated heterocycles. The van der Waals surface area contributed by atoms with E-state index < -0.39 is 39.8 Å². The van der Waals surface area contributed by atoms with Gasteiger partial charge in [-0.2, -0.15) is 0 Å². The third-order valence-electron chi connectivity index (χ3n) is 6.80. The van der Waals surface area contributed by atoms with E-state index in [0.29, 0.717) is 30.7 Å². The summed E-state index contributed by atoms with van der Waals surface area (Å²) in [5, 5.41) is 2.33. The number of sulfone groups is 1. The Balaban J connectivity index is 1.36. The second-order valence-corrected chi connectivity index (χ2v) is 12.4. The van der Waals surface area contributed by atoms with E-state index in [4.69, 9.17) is 9.47 Å². The number of rotatable bonds is 7. The maximum absolute atomic E-state index is 13.8. The summed E-state index contributed by atoms with van der Waals surface area (Å²) in [7, 11) is -3.39. The zero-order valence-electron chi connectivity index (χ0n) is 20.6. The van der Waals surface area contributed by atoms with Crippen molar-refractivity contribution >= 4 is 27.1 Å². The third kappa shape index (κ3) is 5.73. The average Bonchev–Trinajstić information content (AvgIpc) is 3.60. The number of carbonyl (C=O) groups is 1. The lowest BCUT2D eigenvalue weighted by Crippen LogP contribution is -2.20. The highest BCUT2D eigenvalue weighted by Gasteiger charge is 2.37. The molecule has 2 aromatic rings. The lowest BCUT2D eigenvalue weighted by molar-refractivity contribution is -0.139. The van der Waals surface area contributed by atoms with Gasteiger partial charge in [0, 0.05) is 5.57 Å². The van der Waals surface area contributed by atoms with Gasteiger partial charge in [0.2, 0.25) is 0 Å². The zero-order valence-corrected chi connectivity index (χ0v) is 21.4. The summed E-state index contributed by atoms with van der Waals surface area (Å²) in [6, 6.07) is 6.02. The number of nitrogens with zero attached hydrogens (tertiary/aromatic N) is 2. The molecule has 1 N–H and O–H groups in total. The molecular formula is C26H29F2N3O5S. The first kappa shape index (κ1) is 25.9. The fourth-order valence-electron chi connectivity index (χ4n) is 4.63. The van der Waals surface area contributed by atoms with Crippen molar-refractivity contribution in [1.29, 1.82) is 0 Å². The Labute approximate surface area is 214 Å². The van der Waals surface area contributed by atoms with Crippen molar-refractivity contribution in [2.75, 3.05) is 11.9 Å². The van der Waals surface area contributed by atoms with Crippen molar-refractivity contribution in [1.82, 2.24) is 9.97 Å². The first-order chi connectivity index (χ1) is 17.5. The van der Waals surface area contributed by atoms with E-state index in [0.717, 1.165) is 0 Å². The Morgan fingerprint density at radius 2 is 1.76 bits per heavy atom. The van der Waals surface area contributed by atoms with Crippen LogP contribution in [0.5, 0.6) is 0 Å². The molecule has 11 heteroatoms. The SMILES string of the molecule is CC1(C)OC[C@@H](c2cnc(NC(=O)/C(=C/[C@H]3C[C@@H](F)[C@@H](F)C3)c3ccc(S(=O)(=O)C4CC4)cc3)cn2)O1. The molecule has 0 radical (unpaired) electrons. The number of allylic oxidation sites excluding steroid dienone is 1. The minimum absolute atomic E-state index is 0.0274. The van der Waals surface area contributed by atoms with E-state index in [1.54, 1.807) is 32.1 Å². The van der Waals surface area contributed by atoms with Crippen molar-refractivity contribution in [3.05, 3.63) is 54.0 Å². The van der Waals surface area contributed by atoms with Crippen LogP contribution in [-0.2, 0) is 24.1 Å². The number of hydrogen-bond acceptors (Lipinski definition) is 7. The van der Waals surface area contributed by atoms with Crippen molar-refractivity contribution in [2.24, 2.45) is 5.92 Å². The molecule has 5 rings (SSSR count). The van der Waals surface area contributed by atoms with Crippen molar-refractivity contribution in [3.63, 3.8) is 0 Å². The molecule has 8 nitrogen and oxygen atoms in total. The second-order valence-electron chi connectivity index (χ2n) is 10.2. The van der Waals surface area contributed by atoms with Crippen LogP contribution in [0.3, 0.4) is 0 Å². The van der Waals surface area contributed by atoms with Crippen LogP contribution in [0.4, 0.5) is 14.6 Å². The summed E-state index contributed by atoms with van der Waals surface area (Å²) in [4.78, 5) is 22.1. The molecule has 3 fully saturated rings. The number of ether oxygens (including phenoxy) is 2. The van der Waals surface area contributed by atoms with Gasteiger partial charge >= 0.3 is 0 Å². The highest BCUT2D eigenvalue weighted by molar-refractivity contribution is 7.92. The van der Waals surface area contributed by atoms with E-state index in [1.807, 2.05) is 0 Å². The summed E-state index contributed by atoms with van der Waals surface area (Å²) in [5.74, 6) is -1.55. The molecule has 0 spiro atoms. The topological polar surface area (TPSA) is 107 Å². The van der Waals surface area contributed by atoms with Gasteiger partial charge in [-0.3, -0.25) is 9.78 Å². The Hall–Kier alpha value is -2.76. The number of aromatic nitrogens is 2. The number of alkyl halides is 2. The summed E-state index contributed by atoms with van der Waals surface area (Å²) < 4.78 is 64.1. The van der Waals surface area contributed by atoms with Crippen LogP contribution in [0, 0.1) is 5.92 Å². The number of hydrogen-bond donors (Lipinski definition) is 1. The lowest BCUT2D eigenvalue weighted by Gasteiger charge is -2.16. The van der Waals surface area contributed by atoms with Crippen LogP contribution in [0.15, 0.2) is 47.6 Å². The van der Waals surface area contributed by atoms with Gasteiger partial charge in [0.1, 0.15) is 18.4 Å². The Morgan fingerprint density at radius 3 is 2.30 bits per heavy atom. The van der Waals surface area contributed by atoms with Gasteiger partial charge in [0.05, 0.1) is 34.8 Å². The van der Waals surface area contributed by atoms with Gasteiger partial charge in [0.25, 0.3) is 5.91 Å². The number of halogens is 2. The summed E-state index contributed by atoms with van der Waals surface area (Å²) in [6.45, 7) is 3.94. The van der Waals surface area contributed by atoms with Crippen molar-refractivity contribution in [2.45, 2.75) is 73.9 Å². The van der Waals surface area contributed by atoms with Gasteiger partial charge in [-0.15, -0.1) is 0 Å². The number of carbonyl (C=O) groups excluding carboxylic acids is 1. The largest absolute Gasteiger partial charge is 0.347 e. The molecule has 37 heavy (non-hydrogen) atoms. The quantitative estimate of drug-likeness (QED) is 0.528. The standard InChI is InChI=1S/C26H29F2N3O5S/c1-26(2)35-14-23(36-26)22-12-30-24(13-29-22)31-25(32)19(9-15-10-20(27)21(28)11-15)16-3-5-17(6-4-16)37(33,34)18-7-8-18/h3-6,9,12-13,15,18,20-21,23H,7-8,10-11,14H2,1-2H3,(H,30,31,32)/b19-9+/t15-,20+,21-,23-/m0/s1. The van der Waals surface area contributed by atoms with Gasteiger partial charge in [-0.05, 0) is 63.1 Å². The average molecular weight is 534 g/mol. The number of nitrogens with one attached hydrogen (secondary N) is 1. The van der Waals surface area contributed by atoms with Crippen LogP contribution in [0.25, 0.3) is 5.57 Å². The molecule has 1 aromatic heterocycles. The first-order valence-electron chi connectivity index (χ1n) is 12.3. The van der Waals surface area contributed by atoms with E-state index >= 15 is 0 Å². The first-order valence-corrected chi connectivity index (χ1v) is 13.9. The molecule has 3 aliphatic rings. The summed E-state index contributed by atoms with van der Waals surface area (Å²) in [6.07, 6.45) is 2.14. The molecule has 2 aliphatic carbocycles. The van der Waals surface area contributed by atoms with Crippen LogP contribution in [0.1, 0.15) is 56.9 Å². The lowest BCUT2D eigenvalue weighted by atomic mass is 9.98. The molecule has 198 valence electrons. The number of amides is 1. The molecule has 0 unspecified atom stereocenters. The minimum atomic E-state index is -3.39. The van der Waals surface area contributed by atoms with Crippen molar-refractivity contribution < 1.29 is 31.5 Å². The maximum Gasteiger partial charge on any atom is 0.257 e. The van der Waals surface area contributed by atoms with Crippen LogP contribution in [0.2, 0.25) is 0 Å². The third-order valence-corrected chi connectivity index (χ3v) is 9.08. The van der Waals surface area contributed by atoms with Crippen LogP contribution in [-0.4, -0.2) is 54.3 Å². The molecule has 1 aromatic carbocycles. The fraction of sp³-hybridized carbons (Fsp3) is 0.500. The van der Waals surface area contributed by atoms with Gasteiger partial charge in [-0.25, -0.2) is 22.2 Å². The molecular weight excluding hydrogens is 504 g/mol. The van der Waals surface area contributed by atoms with E-state index in [2.05, 4.69) is 15.3 Å². The van der Waals surface area contributed by atoms with Crippen molar-refractivity contribution in [3.8, 4) is 0 Å². The molecule has 1 amide bonds. The Bertz CT molecular complexity index is 1280. The minimum Gasteiger partial charge on any atom is -0.347 e. The normalized spacial score (nSPS) is 27.8. The summed E-state index contributed by atoms with van der Waals surface area (Å²) in [5.41, 5.74) is 1.18. The molecule has 2 heterocycles. The summed E-state index contributed by atoms with van der Waals surface area (Å²) >= 11 is 0. The highest BCUT2D eigenvalue weighted by atomic mass is 32.2. The molecule has 4 atom stereocenters. The predicted octanol–water partition coefficient (Wildman–Crippen LogP) is 4.35. The zero-order chi connectivity index (χ0) is 26.4. The van der Waals surface area contributed by atoms with Crippen LogP contribution < -0.4 is 5.32 Å². The number of benzene rings is 1. The second kappa shape index (κ2) is 9.85.